The molecule has 0 spiro atoms. The molecule has 0 aromatic carbocycles. The molecule has 1 rings (SSSR count). The zero-order valence-corrected chi connectivity index (χ0v) is 12.1. The summed E-state index contributed by atoms with van der Waals surface area (Å²) >= 11 is 0. The first-order valence-electron chi connectivity index (χ1n) is 7.06. The van der Waals surface area contributed by atoms with E-state index in [1.54, 1.807) is 0 Å². The first-order valence-corrected chi connectivity index (χ1v) is 7.06. The minimum absolute atomic E-state index is 0.0155. The number of hydrogen-bond donors (Lipinski definition) is 1. The smallest absolute Gasteiger partial charge is 0.0777 e. The minimum atomic E-state index is 0.0155. The van der Waals surface area contributed by atoms with E-state index in [0.717, 1.165) is 25.9 Å². The molecule has 102 valence electrons. The number of piperidine rings is 1. The van der Waals surface area contributed by atoms with Crippen LogP contribution in [-0.2, 0) is 4.74 Å². The van der Waals surface area contributed by atoms with Gasteiger partial charge in [-0.05, 0) is 39.2 Å². The van der Waals surface area contributed by atoms with E-state index in [2.05, 4.69) is 25.7 Å². The lowest BCUT2D eigenvalue weighted by Crippen LogP contribution is -2.60. The Kier molecular flexibility index (Phi) is 5.42. The quantitative estimate of drug-likeness (QED) is 0.777. The van der Waals surface area contributed by atoms with Gasteiger partial charge in [-0.15, -0.1) is 0 Å². The van der Waals surface area contributed by atoms with Gasteiger partial charge < -0.3 is 10.5 Å². The zero-order chi connectivity index (χ0) is 12.9. The van der Waals surface area contributed by atoms with Crippen molar-refractivity contribution in [1.82, 2.24) is 4.90 Å². The number of nitrogens with zero attached hydrogens (tertiary/aromatic N) is 1. The molecule has 0 aromatic heterocycles. The van der Waals surface area contributed by atoms with Gasteiger partial charge in [0, 0.05) is 25.7 Å². The van der Waals surface area contributed by atoms with Crippen molar-refractivity contribution in [2.45, 2.75) is 64.0 Å². The lowest BCUT2D eigenvalue weighted by Gasteiger charge is -2.50. The summed E-state index contributed by atoms with van der Waals surface area (Å²) in [5.41, 5.74) is 6.29. The van der Waals surface area contributed by atoms with E-state index in [4.69, 9.17) is 10.5 Å². The second kappa shape index (κ2) is 6.17. The number of likely N-dealkylation sites (tertiary alicyclic amines) is 1. The highest BCUT2D eigenvalue weighted by atomic mass is 16.5. The number of hydrogen-bond acceptors (Lipinski definition) is 3. The second-order valence-electron chi connectivity index (χ2n) is 5.71. The first kappa shape index (κ1) is 14.9. The highest BCUT2D eigenvalue weighted by Crippen LogP contribution is 2.32. The number of methoxy groups -OCH3 is 1. The molecule has 1 aliphatic rings. The molecule has 3 nitrogen and oxygen atoms in total. The lowest BCUT2D eigenvalue weighted by molar-refractivity contribution is -0.0827. The molecular formula is C14H30N2O. The third kappa shape index (κ3) is 3.21. The molecule has 1 aliphatic heterocycles. The Bertz CT molecular complexity index is 228. The molecule has 2 unspecified atom stereocenters. The van der Waals surface area contributed by atoms with Gasteiger partial charge in [0.15, 0.2) is 0 Å². The predicted molar refractivity (Wildman–Crippen MR) is 73.2 cm³/mol. The Morgan fingerprint density at radius 1 is 1.41 bits per heavy atom. The van der Waals surface area contributed by atoms with Crippen LogP contribution in [0, 0.1) is 0 Å². The highest BCUT2D eigenvalue weighted by molar-refractivity contribution is 4.96. The van der Waals surface area contributed by atoms with Gasteiger partial charge >= 0.3 is 0 Å². The van der Waals surface area contributed by atoms with Crippen LogP contribution >= 0.6 is 0 Å². The fraction of sp³-hybridized carbons (Fsp3) is 1.00. The summed E-state index contributed by atoms with van der Waals surface area (Å²) in [4.78, 5) is 2.59. The molecule has 0 amide bonds. The molecule has 2 atom stereocenters. The third-order valence-corrected chi connectivity index (χ3v) is 4.58. The van der Waals surface area contributed by atoms with Crippen molar-refractivity contribution >= 4 is 0 Å². The van der Waals surface area contributed by atoms with Crippen LogP contribution in [-0.4, -0.2) is 42.8 Å². The monoisotopic (exact) mass is 242 g/mol. The Balaban J connectivity index is 2.80. The molecule has 1 fully saturated rings. The van der Waals surface area contributed by atoms with Crippen LogP contribution in [0.4, 0.5) is 0 Å². The van der Waals surface area contributed by atoms with Gasteiger partial charge in [0.25, 0.3) is 0 Å². The van der Waals surface area contributed by atoms with E-state index in [1.807, 2.05) is 7.11 Å². The van der Waals surface area contributed by atoms with E-state index in [0.29, 0.717) is 0 Å². The molecule has 3 heteroatoms. The highest BCUT2D eigenvalue weighted by Gasteiger charge is 2.40. The van der Waals surface area contributed by atoms with Crippen molar-refractivity contribution in [3.05, 3.63) is 0 Å². The van der Waals surface area contributed by atoms with Crippen LogP contribution in [0.25, 0.3) is 0 Å². The van der Waals surface area contributed by atoms with E-state index in [9.17, 15) is 0 Å². The Morgan fingerprint density at radius 2 is 2.12 bits per heavy atom. The van der Waals surface area contributed by atoms with Crippen LogP contribution in [0.15, 0.2) is 0 Å². The van der Waals surface area contributed by atoms with Crippen LogP contribution in [0.5, 0.6) is 0 Å². The fourth-order valence-corrected chi connectivity index (χ4v) is 3.18. The molecule has 1 saturated heterocycles. The lowest BCUT2D eigenvalue weighted by atomic mass is 9.84. The molecule has 2 N–H and O–H groups in total. The summed E-state index contributed by atoms with van der Waals surface area (Å²) in [7, 11) is 1.83. The van der Waals surface area contributed by atoms with Crippen LogP contribution in [0.2, 0.25) is 0 Å². The summed E-state index contributed by atoms with van der Waals surface area (Å²) in [6.45, 7) is 9.69. The maximum atomic E-state index is 6.08. The average Bonchev–Trinajstić information content (AvgIpc) is 2.36. The van der Waals surface area contributed by atoms with Crippen molar-refractivity contribution in [2.24, 2.45) is 5.73 Å². The summed E-state index contributed by atoms with van der Waals surface area (Å²) in [5.74, 6) is 0. The van der Waals surface area contributed by atoms with Crippen molar-refractivity contribution in [1.29, 1.82) is 0 Å². The molecular weight excluding hydrogens is 212 g/mol. The van der Waals surface area contributed by atoms with Gasteiger partial charge in [-0.2, -0.15) is 0 Å². The summed E-state index contributed by atoms with van der Waals surface area (Å²) < 4.78 is 5.69. The first-order chi connectivity index (χ1) is 8.05. The maximum absolute atomic E-state index is 6.08. The van der Waals surface area contributed by atoms with Crippen molar-refractivity contribution < 1.29 is 4.74 Å². The van der Waals surface area contributed by atoms with Gasteiger partial charge in [0.2, 0.25) is 0 Å². The Hall–Kier alpha value is -0.120. The standard InChI is InChI=1S/C14H30N2O/c1-5-8-14(6-2,11-15)16-10-7-9-13(3,12-16)17-4/h5-12,15H2,1-4H3. The second-order valence-corrected chi connectivity index (χ2v) is 5.71. The summed E-state index contributed by atoms with van der Waals surface area (Å²) in [6.07, 6.45) is 5.91. The van der Waals surface area contributed by atoms with Crippen molar-refractivity contribution in [3.63, 3.8) is 0 Å². The van der Waals surface area contributed by atoms with E-state index < -0.39 is 0 Å². The average molecular weight is 242 g/mol. The van der Waals surface area contributed by atoms with E-state index in [-0.39, 0.29) is 11.1 Å². The maximum Gasteiger partial charge on any atom is 0.0777 e. The van der Waals surface area contributed by atoms with Gasteiger partial charge in [-0.1, -0.05) is 20.3 Å². The molecule has 17 heavy (non-hydrogen) atoms. The number of rotatable bonds is 6. The largest absolute Gasteiger partial charge is 0.377 e. The van der Waals surface area contributed by atoms with Gasteiger partial charge in [0.05, 0.1) is 5.60 Å². The molecule has 0 saturated carbocycles. The molecule has 0 radical (unpaired) electrons. The molecule has 0 aliphatic carbocycles. The normalized spacial score (nSPS) is 30.2. The number of nitrogens with two attached hydrogens (primary N) is 1. The van der Waals surface area contributed by atoms with Crippen LogP contribution in [0.3, 0.4) is 0 Å². The third-order valence-electron chi connectivity index (χ3n) is 4.58. The molecule has 1 heterocycles. The van der Waals surface area contributed by atoms with Crippen LogP contribution < -0.4 is 5.73 Å². The Labute approximate surface area is 107 Å². The fourth-order valence-electron chi connectivity index (χ4n) is 3.18. The zero-order valence-electron chi connectivity index (χ0n) is 12.1. The summed E-state index contributed by atoms with van der Waals surface area (Å²) in [5, 5.41) is 0. The van der Waals surface area contributed by atoms with Gasteiger partial charge in [0.1, 0.15) is 0 Å². The predicted octanol–water partition coefficient (Wildman–Crippen LogP) is 2.39. The van der Waals surface area contributed by atoms with E-state index >= 15 is 0 Å². The SMILES string of the molecule is CCCC(CC)(CN)N1CCCC(C)(OC)C1. The Morgan fingerprint density at radius 3 is 2.59 bits per heavy atom. The minimum Gasteiger partial charge on any atom is -0.377 e. The summed E-state index contributed by atoms with van der Waals surface area (Å²) in [6, 6.07) is 0. The van der Waals surface area contributed by atoms with E-state index in [1.165, 1.54) is 25.8 Å². The van der Waals surface area contributed by atoms with Gasteiger partial charge in [-0.25, -0.2) is 0 Å². The number of ether oxygens (including phenoxy) is 1. The van der Waals surface area contributed by atoms with Crippen LogP contribution in [0.1, 0.15) is 52.9 Å². The molecule has 0 bridgehead atoms. The van der Waals surface area contributed by atoms with Crippen molar-refractivity contribution in [2.75, 3.05) is 26.7 Å². The van der Waals surface area contributed by atoms with Gasteiger partial charge in [-0.3, -0.25) is 4.90 Å². The molecule has 0 aromatic rings. The van der Waals surface area contributed by atoms with Crippen molar-refractivity contribution in [3.8, 4) is 0 Å². The topological polar surface area (TPSA) is 38.5 Å².